The fourth-order valence-electron chi connectivity index (χ4n) is 2.28. The summed E-state index contributed by atoms with van der Waals surface area (Å²) in [6.07, 6.45) is 2.10. The van der Waals surface area contributed by atoms with Gasteiger partial charge in [0.2, 0.25) is 0 Å². The Kier molecular flexibility index (Phi) is 5.31. The highest BCUT2D eigenvalue weighted by Crippen LogP contribution is 2.26. The quantitative estimate of drug-likeness (QED) is 0.921. The van der Waals surface area contributed by atoms with Crippen molar-refractivity contribution in [3.8, 4) is 5.75 Å². The Morgan fingerprint density at radius 1 is 1.29 bits per heavy atom. The molecule has 0 spiro atoms. The van der Waals surface area contributed by atoms with E-state index in [1.807, 2.05) is 0 Å². The van der Waals surface area contributed by atoms with E-state index in [0.717, 1.165) is 12.8 Å². The first-order valence-electron chi connectivity index (χ1n) is 6.59. The van der Waals surface area contributed by atoms with Crippen molar-refractivity contribution in [1.82, 2.24) is 4.90 Å². The average Bonchev–Trinajstić information content (AvgIpc) is 2.48. The lowest BCUT2D eigenvalue weighted by molar-refractivity contribution is -0.152. The molecule has 21 heavy (non-hydrogen) atoms. The zero-order valence-electron chi connectivity index (χ0n) is 11.2. The maximum absolute atomic E-state index is 12.1. The lowest BCUT2D eigenvalue weighted by Crippen LogP contribution is -2.49. The number of carboxylic acids is 1. The van der Waals surface area contributed by atoms with Gasteiger partial charge in [-0.15, -0.1) is 0 Å². The summed E-state index contributed by atoms with van der Waals surface area (Å²) in [7, 11) is 0. The number of hydrogen-bond acceptors (Lipinski definition) is 3. The highest BCUT2D eigenvalue weighted by Gasteiger charge is 2.31. The Bertz CT molecular complexity index is 550. The largest absolute Gasteiger partial charge is 0.484 e. The van der Waals surface area contributed by atoms with Crippen molar-refractivity contribution in [2.45, 2.75) is 25.3 Å². The van der Waals surface area contributed by atoms with Crippen molar-refractivity contribution >= 4 is 35.1 Å². The molecule has 5 nitrogen and oxygen atoms in total. The Balaban J connectivity index is 1.96. The van der Waals surface area contributed by atoms with Crippen LogP contribution in [0.4, 0.5) is 0 Å². The monoisotopic (exact) mass is 331 g/mol. The number of benzene rings is 1. The smallest absolute Gasteiger partial charge is 0.326 e. The molecule has 0 bridgehead atoms. The normalized spacial score (nSPS) is 18.4. The molecule has 7 heteroatoms. The molecule has 0 unspecified atom stereocenters. The lowest BCUT2D eigenvalue weighted by atomic mass is 10.0. The van der Waals surface area contributed by atoms with Crippen LogP contribution in [0.5, 0.6) is 5.75 Å². The van der Waals surface area contributed by atoms with Crippen molar-refractivity contribution in [2.75, 3.05) is 13.2 Å². The number of carbonyl (C=O) groups is 2. The van der Waals surface area contributed by atoms with Gasteiger partial charge >= 0.3 is 5.97 Å². The number of aliphatic carboxylic acids is 1. The van der Waals surface area contributed by atoms with Crippen LogP contribution in [0, 0.1) is 0 Å². The van der Waals surface area contributed by atoms with Gasteiger partial charge in [0.05, 0.1) is 10.0 Å². The highest BCUT2D eigenvalue weighted by atomic mass is 35.5. The molecule has 1 aromatic carbocycles. The molecule has 1 saturated heterocycles. The van der Waals surface area contributed by atoms with Crippen LogP contribution in [0.3, 0.4) is 0 Å². The number of piperidine rings is 1. The van der Waals surface area contributed by atoms with Gasteiger partial charge in [0.1, 0.15) is 11.8 Å². The molecule has 1 aliphatic rings. The van der Waals surface area contributed by atoms with E-state index in [4.69, 9.17) is 33.0 Å². The Morgan fingerprint density at radius 3 is 2.71 bits per heavy atom. The van der Waals surface area contributed by atoms with Crippen LogP contribution in [0.15, 0.2) is 18.2 Å². The maximum atomic E-state index is 12.1. The minimum Gasteiger partial charge on any atom is -0.484 e. The fraction of sp³-hybridized carbons (Fsp3) is 0.429. The molecule has 1 heterocycles. The predicted octanol–water partition coefficient (Wildman–Crippen LogP) is 2.84. The van der Waals surface area contributed by atoms with Gasteiger partial charge in [-0.2, -0.15) is 0 Å². The molecule has 1 fully saturated rings. The summed E-state index contributed by atoms with van der Waals surface area (Å²) in [5.74, 6) is -0.896. The standard InChI is InChI=1S/C14H15Cl2NO4/c15-10-5-4-9(7-11(10)16)21-8-13(18)17-6-2-1-3-12(17)14(19)20/h4-5,7,12H,1-3,6,8H2,(H,19,20)/t12-/m0/s1. The number of ether oxygens (including phenoxy) is 1. The summed E-state index contributed by atoms with van der Waals surface area (Å²) in [6, 6.07) is 3.93. The Hall–Kier alpha value is -1.46. The third kappa shape index (κ3) is 4.02. The van der Waals surface area contributed by atoms with E-state index in [0.29, 0.717) is 28.8 Å². The van der Waals surface area contributed by atoms with Crippen LogP contribution in [0.1, 0.15) is 19.3 Å². The summed E-state index contributed by atoms with van der Waals surface area (Å²) >= 11 is 11.6. The SMILES string of the molecule is O=C(O)[C@@H]1CCCCN1C(=O)COc1ccc(Cl)c(Cl)c1. The number of nitrogens with zero attached hydrogens (tertiary/aromatic N) is 1. The van der Waals surface area contributed by atoms with E-state index < -0.39 is 12.0 Å². The van der Waals surface area contributed by atoms with Gasteiger partial charge in [-0.3, -0.25) is 4.79 Å². The molecule has 1 atom stereocenters. The second-order valence-electron chi connectivity index (χ2n) is 4.80. The van der Waals surface area contributed by atoms with Crippen molar-refractivity contribution < 1.29 is 19.4 Å². The number of carboxylic acid groups (broad SMARTS) is 1. The van der Waals surface area contributed by atoms with Crippen molar-refractivity contribution in [3.63, 3.8) is 0 Å². The first-order chi connectivity index (χ1) is 9.99. The molecular weight excluding hydrogens is 317 g/mol. The second-order valence-corrected chi connectivity index (χ2v) is 5.62. The molecule has 114 valence electrons. The molecule has 1 aliphatic heterocycles. The summed E-state index contributed by atoms with van der Waals surface area (Å²) < 4.78 is 5.36. The molecule has 0 saturated carbocycles. The predicted molar refractivity (Wildman–Crippen MR) is 78.9 cm³/mol. The number of likely N-dealkylation sites (tertiary alicyclic amines) is 1. The minimum atomic E-state index is -0.974. The third-order valence-corrected chi connectivity index (χ3v) is 4.10. The fourth-order valence-corrected chi connectivity index (χ4v) is 2.57. The highest BCUT2D eigenvalue weighted by molar-refractivity contribution is 6.42. The van der Waals surface area contributed by atoms with Crippen LogP contribution in [-0.2, 0) is 9.59 Å². The van der Waals surface area contributed by atoms with E-state index in [1.165, 1.54) is 11.0 Å². The van der Waals surface area contributed by atoms with Gasteiger partial charge in [0.15, 0.2) is 6.61 Å². The number of halogens is 2. The molecule has 1 amide bonds. The summed E-state index contributed by atoms with van der Waals surface area (Å²) in [5, 5.41) is 9.88. The first kappa shape index (κ1) is 15.9. The van der Waals surface area contributed by atoms with Gasteiger partial charge in [0.25, 0.3) is 5.91 Å². The molecule has 0 radical (unpaired) electrons. The Labute approximate surface area is 132 Å². The topological polar surface area (TPSA) is 66.8 Å². The van der Waals surface area contributed by atoms with Gasteiger partial charge in [0, 0.05) is 12.6 Å². The molecule has 0 aliphatic carbocycles. The van der Waals surface area contributed by atoms with Crippen LogP contribution in [-0.4, -0.2) is 41.1 Å². The van der Waals surface area contributed by atoms with Gasteiger partial charge in [-0.1, -0.05) is 23.2 Å². The molecule has 1 N–H and O–H groups in total. The van der Waals surface area contributed by atoms with Crippen LogP contribution >= 0.6 is 23.2 Å². The van der Waals surface area contributed by atoms with E-state index in [1.54, 1.807) is 12.1 Å². The number of rotatable bonds is 4. The van der Waals surface area contributed by atoms with E-state index >= 15 is 0 Å². The molecule has 1 aromatic rings. The second kappa shape index (κ2) is 7.00. The minimum absolute atomic E-state index is 0.220. The van der Waals surface area contributed by atoms with Crippen LogP contribution in [0.25, 0.3) is 0 Å². The number of carbonyl (C=O) groups excluding carboxylic acids is 1. The maximum Gasteiger partial charge on any atom is 0.326 e. The van der Waals surface area contributed by atoms with Crippen LogP contribution in [0.2, 0.25) is 10.0 Å². The van der Waals surface area contributed by atoms with Crippen molar-refractivity contribution in [2.24, 2.45) is 0 Å². The zero-order valence-corrected chi connectivity index (χ0v) is 12.7. The Morgan fingerprint density at radius 2 is 2.05 bits per heavy atom. The molecular formula is C14H15Cl2NO4. The first-order valence-corrected chi connectivity index (χ1v) is 7.35. The lowest BCUT2D eigenvalue weighted by Gasteiger charge is -2.32. The number of amides is 1. The average molecular weight is 332 g/mol. The summed E-state index contributed by atoms with van der Waals surface area (Å²) in [5.41, 5.74) is 0. The van der Waals surface area contributed by atoms with Gasteiger partial charge in [-0.05, 0) is 31.4 Å². The summed E-state index contributed by atoms with van der Waals surface area (Å²) in [6.45, 7) is 0.224. The van der Waals surface area contributed by atoms with E-state index in [9.17, 15) is 9.59 Å². The van der Waals surface area contributed by atoms with Gasteiger partial charge < -0.3 is 14.7 Å². The molecule has 2 rings (SSSR count). The molecule has 0 aromatic heterocycles. The zero-order chi connectivity index (χ0) is 15.4. The van der Waals surface area contributed by atoms with Crippen molar-refractivity contribution in [1.29, 1.82) is 0 Å². The third-order valence-electron chi connectivity index (χ3n) is 3.36. The number of hydrogen-bond donors (Lipinski definition) is 1. The van der Waals surface area contributed by atoms with Crippen molar-refractivity contribution in [3.05, 3.63) is 28.2 Å². The van der Waals surface area contributed by atoms with Gasteiger partial charge in [-0.25, -0.2) is 4.79 Å². The summed E-state index contributed by atoms with van der Waals surface area (Å²) in [4.78, 5) is 24.6. The van der Waals surface area contributed by atoms with E-state index in [2.05, 4.69) is 0 Å². The van der Waals surface area contributed by atoms with E-state index in [-0.39, 0.29) is 12.5 Å². The van der Waals surface area contributed by atoms with Crippen LogP contribution < -0.4 is 4.74 Å².